The van der Waals surface area contributed by atoms with E-state index in [0.717, 1.165) is 31.2 Å². The summed E-state index contributed by atoms with van der Waals surface area (Å²) in [5, 5.41) is 13.0. The fraction of sp³-hybridized carbons (Fsp3) is 0.750. The Morgan fingerprint density at radius 2 is 2.04 bits per heavy atom. The van der Waals surface area contributed by atoms with Crippen LogP contribution >= 0.6 is 11.3 Å². The summed E-state index contributed by atoms with van der Waals surface area (Å²) >= 11 is 1.52. The maximum Gasteiger partial charge on any atom is 0.273 e. The Bertz CT molecular complexity index is 512. The van der Waals surface area contributed by atoms with Crippen molar-refractivity contribution in [2.24, 2.45) is 0 Å². The summed E-state index contributed by atoms with van der Waals surface area (Å²) in [7, 11) is 3.84. The molecule has 1 aromatic heterocycles. The summed E-state index contributed by atoms with van der Waals surface area (Å²) in [4.78, 5) is 22.9. The Morgan fingerprint density at radius 3 is 2.61 bits per heavy atom. The standard InChI is InChI=1S/C16H28N4O2S/c1-12(2)15-17-14(11-23-15)16(22)19(4)9-13(21)10-20-7-5-18(3)6-8-20/h11-13,21H,5-10H2,1-4H3. The number of aliphatic hydroxyl groups is 1. The second-order valence-corrected chi connectivity index (χ2v) is 7.56. The van der Waals surface area contributed by atoms with E-state index in [1.807, 2.05) is 0 Å². The van der Waals surface area contributed by atoms with E-state index in [0.29, 0.717) is 24.7 Å². The van der Waals surface area contributed by atoms with Crippen LogP contribution in [0.15, 0.2) is 5.38 Å². The maximum atomic E-state index is 12.4. The van der Waals surface area contributed by atoms with Crippen LogP contribution in [0.4, 0.5) is 0 Å². The highest BCUT2D eigenvalue weighted by Crippen LogP contribution is 2.19. The van der Waals surface area contributed by atoms with E-state index in [1.165, 1.54) is 11.3 Å². The Labute approximate surface area is 142 Å². The molecule has 6 nitrogen and oxygen atoms in total. The van der Waals surface area contributed by atoms with Gasteiger partial charge in [0.05, 0.1) is 11.1 Å². The van der Waals surface area contributed by atoms with E-state index >= 15 is 0 Å². The quantitative estimate of drug-likeness (QED) is 0.835. The highest BCUT2D eigenvalue weighted by Gasteiger charge is 2.21. The average Bonchev–Trinajstić information content (AvgIpc) is 2.98. The molecule has 0 saturated carbocycles. The summed E-state index contributed by atoms with van der Waals surface area (Å²) in [6.45, 7) is 9.06. The van der Waals surface area contributed by atoms with Crippen molar-refractivity contribution in [3.05, 3.63) is 16.1 Å². The van der Waals surface area contributed by atoms with Gasteiger partial charge in [-0.3, -0.25) is 9.69 Å². The van der Waals surface area contributed by atoms with Crippen LogP contribution in [0.5, 0.6) is 0 Å². The summed E-state index contributed by atoms with van der Waals surface area (Å²) in [6, 6.07) is 0. The average molecular weight is 340 g/mol. The van der Waals surface area contributed by atoms with Crippen LogP contribution in [-0.4, -0.2) is 90.2 Å². The minimum atomic E-state index is -0.532. The molecule has 0 bridgehead atoms. The molecule has 1 aliphatic rings. The van der Waals surface area contributed by atoms with Crippen molar-refractivity contribution in [2.75, 3.05) is 53.4 Å². The molecule has 0 aromatic carbocycles. The molecule has 23 heavy (non-hydrogen) atoms. The van der Waals surface area contributed by atoms with Crippen molar-refractivity contribution in [2.45, 2.75) is 25.9 Å². The van der Waals surface area contributed by atoms with Gasteiger partial charge in [-0.05, 0) is 7.05 Å². The monoisotopic (exact) mass is 340 g/mol. The van der Waals surface area contributed by atoms with E-state index < -0.39 is 6.10 Å². The number of hydrogen-bond donors (Lipinski definition) is 1. The number of thiazole rings is 1. The highest BCUT2D eigenvalue weighted by molar-refractivity contribution is 7.09. The maximum absolute atomic E-state index is 12.4. The molecule has 1 amide bonds. The molecule has 1 N–H and O–H groups in total. The number of piperazine rings is 1. The van der Waals surface area contributed by atoms with E-state index in [-0.39, 0.29) is 5.91 Å². The molecular formula is C16H28N4O2S. The van der Waals surface area contributed by atoms with Crippen molar-refractivity contribution in [1.29, 1.82) is 0 Å². The van der Waals surface area contributed by atoms with Gasteiger partial charge in [0.15, 0.2) is 0 Å². The first kappa shape index (κ1) is 18.3. The number of carbonyl (C=O) groups is 1. The highest BCUT2D eigenvalue weighted by atomic mass is 32.1. The zero-order valence-electron chi connectivity index (χ0n) is 14.5. The fourth-order valence-electron chi connectivity index (χ4n) is 2.63. The van der Waals surface area contributed by atoms with Crippen molar-refractivity contribution < 1.29 is 9.90 Å². The second kappa shape index (κ2) is 8.19. The van der Waals surface area contributed by atoms with Crippen LogP contribution in [0.2, 0.25) is 0 Å². The number of β-amino-alcohol motifs (C(OH)–C–C–N with tert-alkyl or cyclic N) is 1. The number of carbonyl (C=O) groups excluding carboxylic acids is 1. The van der Waals surface area contributed by atoms with Crippen LogP contribution in [0.1, 0.15) is 35.3 Å². The van der Waals surface area contributed by atoms with Gasteiger partial charge in [-0.25, -0.2) is 4.98 Å². The third-order valence-electron chi connectivity index (χ3n) is 4.13. The third kappa shape index (κ3) is 5.24. The van der Waals surface area contributed by atoms with Crippen molar-refractivity contribution >= 4 is 17.2 Å². The molecular weight excluding hydrogens is 312 g/mol. The molecule has 130 valence electrons. The van der Waals surface area contributed by atoms with Gasteiger partial charge in [0.25, 0.3) is 5.91 Å². The second-order valence-electron chi connectivity index (χ2n) is 6.67. The molecule has 0 spiro atoms. The summed E-state index contributed by atoms with van der Waals surface area (Å²) < 4.78 is 0. The lowest BCUT2D eigenvalue weighted by Gasteiger charge is -2.34. The Morgan fingerprint density at radius 1 is 1.39 bits per heavy atom. The number of aliphatic hydroxyl groups excluding tert-OH is 1. The van der Waals surface area contributed by atoms with E-state index in [2.05, 4.69) is 35.7 Å². The van der Waals surface area contributed by atoms with Crippen LogP contribution in [0.25, 0.3) is 0 Å². The molecule has 1 saturated heterocycles. The molecule has 0 radical (unpaired) electrons. The van der Waals surface area contributed by atoms with Crippen LogP contribution in [0, 0.1) is 0 Å². The molecule has 7 heteroatoms. The van der Waals surface area contributed by atoms with Crippen molar-refractivity contribution in [3.63, 3.8) is 0 Å². The van der Waals surface area contributed by atoms with E-state index in [9.17, 15) is 9.90 Å². The SMILES string of the molecule is CC(C)c1nc(C(=O)N(C)CC(O)CN2CCN(C)CC2)cs1. The zero-order chi connectivity index (χ0) is 17.0. The molecule has 2 rings (SSSR count). The van der Waals surface area contributed by atoms with Crippen molar-refractivity contribution in [1.82, 2.24) is 19.7 Å². The Balaban J connectivity index is 1.82. The number of aromatic nitrogens is 1. The number of amides is 1. The van der Waals surface area contributed by atoms with Crippen LogP contribution in [0.3, 0.4) is 0 Å². The van der Waals surface area contributed by atoms with Gasteiger partial charge in [-0.2, -0.15) is 0 Å². The van der Waals surface area contributed by atoms with Crippen LogP contribution < -0.4 is 0 Å². The summed E-state index contributed by atoms with van der Waals surface area (Å²) in [5.41, 5.74) is 0.480. The van der Waals surface area contributed by atoms with Crippen LogP contribution in [-0.2, 0) is 0 Å². The van der Waals surface area contributed by atoms with Gasteiger partial charge in [-0.15, -0.1) is 11.3 Å². The third-order valence-corrected chi connectivity index (χ3v) is 5.28. The molecule has 1 aromatic rings. The van der Waals surface area contributed by atoms with Gasteiger partial charge in [-0.1, -0.05) is 13.8 Å². The molecule has 1 unspecified atom stereocenters. The topological polar surface area (TPSA) is 59.9 Å². The largest absolute Gasteiger partial charge is 0.390 e. The number of rotatable bonds is 6. The molecule has 1 atom stereocenters. The number of hydrogen-bond acceptors (Lipinski definition) is 6. The Hall–Kier alpha value is -1.02. The van der Waals surface area contributed by atoms with Gasteiger partial charge < -0.3 is 14.9 Å². The van der Waals surface area contributed by atoms with Gasteiger partial charge in [0.2, 0.25) is 0 Å². The summed E-state index contributed by atoms with van der Waals surface area (Å²) in [6.07, 6.45) is -0.532. The van der Waals surface area contributed by atoms with E-state index in [4.69, 9.17) is 0 Å². The smallest absolute Gasteiger partial charge is 0.273 e. The molecule has 1 fully saturated rings. The minimum absolute atomic E-state index is 0.120. The zero-order valence-corrected chi connectivity index (χ0v) is 15.3. The van der Waals surface area contributed by atoms with Gasteiger partial charge in [0, 0.05) is 57.6 Å². The predicted octanol–water partition coefficient (Wildman–Crippen LogP) is 0.947. The number of nitrogens with zero attached hydrogens (tertiary/aromatic N) is 4. The summed E-state index contributed by atoms with van der Waals surface area (Å²) in [5.74, 6) is 0.209. The fourth-order valence-corrected chi connectivity index (χ4v) is 3.44. The number of likely N-dealkylation sites (N-methyl/N-ethyl adjacent to an activating group) is 2. The molecule has 0 aliphatic carbocycles. The first-order valence-corrected chi connectivity index (χ1v) is 9.04. The van der Waals surface area contributed by atoms with E-state index in [1.54, 1.807) is 17.3 Å². The predicted molar refractivity (Wildman–Crippen MR) is 93.1 cm³/mol. The van der Waals surface area contributed by atoms with Gasteiger partial charge in [0.1, 0.15) is 5.69 Å². The first-order valence-electron chi connectivity index (χ1n) is 8.16. The first-order chi connectivity index (χ1) is 10.9. The lowest BCUT2D eigenvalue weighted by Crippen LogP contribution is -2.49. The van der Waals surface area contributed by atoms with Crippen molar-refractivity contribution in [3.8, 4) is 0 Å². The normalized spacial score (nSPS) is 18.3. The minimum Gasteiger partial charge on any atom is -0.390 e. The van der Waals surface area contributed by atoms with Gasteiger partial charge >= 0.3 is 0 Å². The molecule has 1 aliphatic heterocycles. The lowest BCUT2D eigenvalue weighted by molar-refractivity contribution is 0.0499. The molecule has 2 heterocycles. The lowest BCUT2D eigenvalue weighted by atomic mass is 10.2. The Kier molecular flexibility index (Phi) is 6.52.